The van der Waals surface area contributed by atoms with E-state index in [0.29, 0.717) is 31.2 Å². The molecule has 1 heterocycles. The first-order valence-electron chi connectivity index (χ1n) is 7.22. The summed E-state index contributed by atoms with van der Waals surface area (Å²) in [5.41, 5.74) is 5.12. The molecule has 2 amide bonds. The molecule has 8 heteroatoms. The van der Waals surface area contributed by atoms with Crippen molar-refractivity contribution in [2.45, 2.75) is 19.1 Å². The first-order chi connectivity index (χ1) is 10.9. The fraction of sp³-hybridized carbons (Fsp3) is 0.467. The number of amides is 2. The summed E-state index contributed by atoms with van der Waals surface area (Å²) < 4.78 is 0. The summed E-state index contributed by atoms with van der Waals surface area (Å²) in [6.45, 7) is 3.73. The third-order valence-corrected chi connectivity index (χ3v) is 3.81. The van der Waals surface area contributed by atoms with Crippen LogP contribution in [0.25, 0.3) is 0 Å². The van der Waals surface area contributed by atoms with Crippen molar-refractivity contribution >= 4 is 29.6 Å². The average molecular weight is 344 g/mol. The quantitative estimate of drug-likeness (QED) is 0.661. The summed E-state index contributed by atoms with van der Waals surface area (Å²) in [5.74, 6) is -0.418. The number of carbonyl (C=O) groups excluding carboxylic acids is 2. The van der Waals surface area contributed by atoms with Crippen LogP contribution in [0.1, 0.15) is 6.92 Å². The molecular weight excluding hydrogens is 322 g/mol. The second-order valence-electron chi connectivity index (χ2n) is 5.09. The van der Waals surface area contributed by atoms with Crippen LogP contribution in [0, 0.1) is 0 Å². The zero-order valence-corrected chi connectivity index (χ0v) is 13.7. The molecule has 2 atom stereocenters. The van der Waals surface area contributed by atoms with Gasteiger partial charge in [0.05, 0.1) is 16.8 Å². The number of carbonyl (C=O) groups is 2. The molecular formula is C15H22ClN3O4. The summed E-state index contributed by atoms with van der Waals surface area (Å²) in [7, 11) is 0. The molecule has 23 heavy (non-hydrogen) atoms. The standard InChI is InChI=1S/C14H19ClN2O3.CH3NO/c1-10(18)13(19)14(20)17-8-6-16(7-9-17)12-5-3-2-4-11(12)15;2-1-3/h2-5,10,13,18-19H,6-9H2,1H3;1H,(H2,2,3)/t10-,13+;/m0./s1. The van der Waals surface area contributed by atoms with Crippen LogP contribution < -0.4 is 10.6 Å². The molecule has 0 saturated carbocycles. The van der Waals surface area contributed by atoms with Gasteiger partial charge in [-0.2, -0.15) is 0 Å². The minimum Gasteiger partial charge on any atom is -0.390 e. The van der Waals surface area contributed by atoms with E-state index in [2.05, 4.69) is 10.6 Å². The smallest absolute Gasteiger partial charge is 0.254 e. The predicted molar refractivity (Wildman–Crippen MR) is 88.2 cm³/mol. The molecule has 1 saturated heterocycles. The van der Waals surface area contributed by atoms with E-state index in [1.165, 1.54) is 6.92 Å². The van der Waals surface area contributed by atoms with Gasteiger partial charge in [0.15, 0.2) is 6.10 Å². The summed E-state index contributed by atoms with van der Waals surface area (Å²) >= 11 is 6.15. The van der Waals surface area contributed by atoms with Gasteiger partial charge in [-0.25, -0.2) is 0 Å². The van der Waals surface area contributed by atoms with E-state index < -0.39 is 18.1 Å². The number of hydrogen-bond donors (Lipinski definition) is 3. The zero-order valence-electron chi connectivity index (χ0n) is 12.9. The van der Waals surface area contributed by atoms with Gasteiger partial charge in [0.2, 0.25) is 6.41 Å². The number of aliphatic hydroxyl groups is 2. The van der Waals surface area contributed by atoms with Crippen LogP contribution >= 0.6 is 11.6 Å². The summed E-state index contributed by atoms with van der Waals surface area (Å²) in [6, 6.07) is 7.59. The highest BCUT2D eigenvalue weighted by atomic mass is 35.5. The van der Waals surface area contributed by atoms with E-state index in [-0.39, 0.29) is 6.41 Å². The predicted octanol–water partition coefficient (Wildman–Crippen LogP) is -0.168. The van der Waals surface area contributed by atoms with Gasteiger partial charge in [-0.3, -0.25) is 9.59 Å². The first-order valence-corrected chi connectivity index (χ1v) is 7.60. The Morgan fingerprint density at radius 1 is 1.26 bits per heavy atom. The molecule has 0 radical (unpaired) electrons. The van der Waals surface area contributed by atoms with Crippen LogP contribution in [0.4, 0.5) is 5.69 Å². The van der Waals surface area contributed by atoms with E-state index in [9.17, 15) is 15.0 Å². The average Bonchev–Trinajstić information content (AvgIpc) is 2.55. The molecule has 1 aliphatic heterocycles. The van der Waals surface area contributed by atoms with Gasteiger partial charge in [0.25, 0.3) is 5.91 Å². The largest absolute Gasteiger partial charge is 0.390 e. The van der Waals surface area contributed by atoms with Crippen LogP contribution in [0.5, 0.6) is 0 Å². The number of nitrogens with two attached hydrogens (primary N) is 1. The number of anilines is 1. The monoisotopic (exact) mass is 343 g/mol. The maximum absolute atomic E-state index is 11.9. The number of aliphatic hydroxyl groups excluding tert-OH is 2. The normalized spacial score (nSPS) is 16.9. The van der Waals surface area contributed by atoms with Crippen molar-refractivity contribution in [2.75, 3.05) is 31.1 Å². The van der Waals surface area contributed by atoms with E-state index in [1.54, 1.807) is 4.90 Å². The van der Waals surface area contributed by atoms with Crippen LogP contribution in [0.15, 0.2) is 24.3 Å². The van der Waals surface area contributed by atoms with Gasteiger partial charge in [0, 0.05) is 26.2 Å². The Kier molecular flexibility index (Phi) is 7.80. The van der Waals surface area contributed by atoms with Gasteiger partial charge >= 0.3 is 0 Å². The first kappa shape index (κ1) is 19.2. The van der Waals surface area contributed by atoms with Crippen LogP contribution in [-0.4, -0.2) is 65.8 Å². The minimum atomic E-state index is -1.35. The van der Waals surface area contributed by atoms with Crippen molar-refractivity contribution in [3.8, 4) is 0 Å². The molecule has 0 aliphatic carbocycles. The molecule has 1 fully saturated rings. The molecule has 1 aromatic rings. The summed E-state index contributed by atoms with van der Waals surface area (Å²) in [4.78, 5) is 24.2. The molecule has 1 aliphatic rings. The molecule has 0 spiro atoms. The third kappa shape index (κ3) is 5.38. The van der Waals surface area contributed by atoms with E-state index in [1.807, 2.05) is 24.3 Å². The maximum atomic E-state index is 11.9. The van der Waals surface area contributed by atoms with Gasteiger partial charge < -0.3 is 25.7 Å². The number of benzene rings is 1. The van der Waals surface area contributed by atoms with Crippen molar-refractivity contribution < 1.29 is 19.8 Å². The second-order valence-corrected chi connectivity index (χ2v) is 5.49. The third-order valence-electron chi connectivity index (χ3n) is 3.49. The van der Waals surface area contributed by atoms with Gasteiger partial charge in [-0.15, -0.1) is 0 Å². The fourth-order valence-electron chi connectivity index (χ4n) is 2.27. The number of piperazine rings is 1. The molecule has 4 N–H and O–H groups in total. The van der Waals surface area contributed by atoms with Crippen LogP contribution in [0.3, 0.4) is 0 Å². The number of hydrogen-bond acceptors (Lipinski definition) is 5. The van der Waals surface area contributed by atoms with Crippen molar-refractivity contribution in [3.63, 3.8) is 0 Å². The van der Waals surface area contributed by atoms with Crippen molar-refractivity contribution in [1.82, 2.24) is 4.90 Å². The van der Waals surface area contributed by atoms with Crippen molar-refractivity contribution in [3.05, 3.63) is 29.3 Å². The molecule has 1 aromatic carbocycles. The Hall–Kier alpha value is -1.83. The summed E-state index contributed by atoms with van der Waals surface area (Å²) in [6.07, 6.45) is -2.15. The van der Waals surface area contributed by atoms with Gasteiger partial charge in [-0.05, 0) is 19.1 Å². The second kappa shape index (κ2) is 9.34. The Morgan fingerprint density at radius 3 is 2.26 bits per heavy atom. The van der Waals surface area contributed by atoms with E-state index in [4.69, 9.17) is 16.4 Å². The highest BCUT2D eigenvalue weighted by Crippen LogP contribution is 2.26. The lowest BCUT2D eigenvalue weighted by Crippen LogP contribution is -2.53. The van der Waals surface area contributed by atoms with Crippen molar-refractivity contribution in [2.24, 2.45) is 5.73 Å². The molecule has 0 bridgehead atoms. The summed E-state index contributed by atoms with van der Waals surface area (Å²) in [5, 5.41) is 19.6. The molecule has 0 aromatic heterocycles. The van der Waals surface area contributed by atoms with E-state index in [0.717, 1.165) is 5.69 Å². The van der Waals surface area contributed by atoms with Crippen LogP contribution in [0.2, 0.25) is 5.02 Å². The number of nitrogens with zero attached hydrogens (tertiary/aromatic N) is 2. The number of halogens is 1. The molecule has 0 unspecified atom stereocenters. The highest BCUT2D eigenvalue weighted by Gasteiger charge is 2.29. The van der Waals surface area contributed by atoms with Gasteiger partial charge in [-0.1, -0.05) is 23.7 Å². The van der Waals surface area contributed by atoms with Crippen LogP contribution in [-0.2, 0) is 9.59 Å². The van der Waals surface area contributed by atoms with Gasteiger partial charge in [0.1, 0.15) is 0 Å². The lowest BCUT2D eigenvalue weighted by molar-refractivity contribution is -0.145. The lowest BCUT2D eigenvalue weighted by atomic mass is 10.1. The number of rotatable bonds is 3. The Morgan fingerprint density at radius 2 is 1.78 bits per heavy atom. The zero-order chi connectivity index (χ0) is 17.4. The maximum Gasteiger partial charge on any atom is 0.254 e. The SMILES string of the molecule is C[C@H](O)[C@@H](O)C(=O)N1CCN(c2ccccc2Cl)CC1.NC=O. The molecule has 2 rings (SSSR count). The Bertz CT molecular complexity index is 519. The van der Waals surface area contributed by atoms with Crippen molar-refractivity contribution in [1.29, 1.82) is 0 Å². The number of primary amides is 1. The topological polar surface area (TPSA) is 107 Å². The number of para-hydroxylation sites is 1. The molecule has 7 nitrogen and oxygen atoms in total. The highest BCUT2D eigenvalue weighted by molar-refractivity contribution is 6.33. The molecule has 128 valence electrons. The lowest BCUT2D eigenvalue weighted by Gasteiger charge is -2.37. The fourth-order valence-corrected chi connectivity index (χ4v) is 2.52. The Balaban J connectivity index is 0.000000816. The van der Waals surface area contributed by atoms with E-state index >= 15 is 0 Å². The minimum absolute atomic E-state index is 0.250. The Labute approximate surface area is 140 Å².